The molecule has 1 heterocycles. The van der Waals surface area contributed by atoms with Gasteiger partial charge >= 0.3 is 0 Å². The topological polar surface area (TPSA) is 105 Å². The van der Waals surface area contributed by atoms with Gasteiger partial charge in [0.25, 0.3) is 5.91 Å². The number of aliphatic hydroxyl groups is 1. The van der Waals surface area contributed by atoms with Crippen molar-refractivity contribution in [1.29, 1.82) is 0 Å². The fourth-order valence-electron chi connectivity index (χ4n) is 6.38. The number of hydrogen-bond donors (Lipinski definition) is 2. The lowest BCUT2D eigenvalue weighted by Gasteiger charge is -2.40. The Labute approximate surface area is 241 Å². The molecular formula is C28H32ClF3N2O6S. The number of amides is 1. The molecule has 2 N–H and O–H groups in total. The predicted molar refractivity (Wildman–Crippen MR) is 145 cm³/mol. The van der Waals surface area contributed by atoms with E-state index in [1.54, 1.807) is 0 Å². The van der Waals surface area contributed by atoms with E-state index in [2.05, 4.69) is 10.2 Å². The molecule has 2 bridgehead atoms. The lowest BCUT2D eigenvalue weighted by molar-refractivity contribution is -0.0865. The second-order valence-electron chi connectivity index (χ2n) is 11.1. The first kappa shape index (κ1) is 30.2. The van der Waals surface area contributed by atoms with Gasteiger partial charge in [-0.05, 0) is 55.7 Å². The number of ether oxygens (including phenoxy) is 2. The van der Waals surface area contributed by atoms with Crippen molar-refractivity contribution in [3.63, 3.8) is 0 Å². The van der Waals surface area contributed by atoms with Gasteiger partial charge in [-0.25, -0.2) is 21.6 Å². The molecule has 3 aliphatic rings. The van der Waals surface area contributed by atoms with Crippen LogP contribution in [0.4, 0.5) is 18.9 Å². The van der Waals surface area contributed by atoms with Crippen LogP contribution in [0, 0.1) is 29.3 Å². The molecule has 2 saturated carbocycles. The molecule has 13 heteroatoms. The normalized spacial score (nSPS) is 26.7. The monoisotopic (exact) mass is 616 g/mol. The van der Waals surface area contributed by atoms with Crippen LogP contribution in [0.2, 0.25) is 5.02 Å². The van der Waals surface area contributed by atoms with Crippen LogP contribution in [0.15, 0.2) is 35.2 Å². The molecule has 0 radical (unpaired) electrons. The SMILES string of the molecule is O=C(Nc1cc(F)c(F)c(F)c1)c1ccc(Cl)c(S(=O)(=O)[C@H]2C3CCC2C[C@](O)(COCCN2CCOCC2)C3)c1. The molecule has 8 nitrogen and oxygen atoms in total. The van der Waals surface area contributed by atoms with Crippen molar-refractivity contribution in [2.75, 3.05) is 51.4 Å². The first-order valence-electron chi connectivity index (χ1n) is 13.6. The summed E-state index contributed by atoms with van der Waals surface area (Å²) in [6, 6.07) is 4.94. The molecule has 5 rings (SSSR count). The maximum Gasteiger partial charge on any atom is 0.255 e. The van der Waals surface area contributed by atoms with Gasteiger partial charge in [0.2, 0.25) is 0 Å². The number of hydrogen-bond acceptors (Lipinski definition) is 7. The summed E-state index contributed by atoms with van der Waals surface area (Å²) in [5.41, 5.74) is -1.57. The number of nitrogens with one attached hydrogen (secondary N) is 1. The summed E-state index contributed by atoms with van der Waals surface area (Å²) in [7, 11) is -4.02. The molecule has 224 valence electrons. The number of carbonyl (C=O) groups is 1. The van der Waals surface area contributed by atoms with Gasteiger partial charge in [-0.3, -0.25) is 9.69 Å². The van der Waals surface area contributed by atoms with Crippen molar-refractivity contribution >= 4 is 33.0 Å². The molecule has 41 heavy (non-hydrogen) atoms. The summed E-state index contributed by atoms with van der Waals surface area (Å²) in [6.45, 7) is 4.37. The molecule has 1 saturated heterocycles. The lowest BCUT2D eigenvalue weighted by Crippen LogP contribution is -2.49. The second kappa shape index (κ2) is 12.2. The minimum absolute atomic E-state index is 0.0629. The zero-order valence-electron chi connectivity index (χ0n) is 22.3. The fourth-order valence-corrected chi connectivity index (χ4v) is 9.23. The average molecular weight is 617 g/mol. The van der Waals surface area contributed by atoms with E-state index >= 15 is 0 Å². The van der Waals surface area contributed by atoms with Crippen LogP contribution < -0.4 is 5.32 Å². The first-order chi connectivity index (χ1) is 19.5. The number of benzene rings is 2. The van der Waals surface area contributed by atoms with Crippen molar-refractivity contribution in [1.82, 2.24) is 4.90 Å². The maximum absolute atomic E-state index is 13.9. The van der Waals surface area contributed by atoms with Crippen molar-refractivity contribution in [2.24, 2.45) is 11.8 Å². The Morgan fingerprint density at radius 1 is 1.10 bits per heavy atom. The molecule has 2 unspecified atom stereocenters. The minimum Gasteiger partial charge on any atom is -0.387 e. The van der Waals surface area contributed by atoms with Crippen LogP contribution in [-0.4, -0.2) is 81.2 Å². The Bertz CT molecular complexity index is 1370. The van der Waals surface area contributed by atoms with Gasteiger partial charge in [-0.15, -0.1) is 0 Å². The van der Waals surface area contributed by atoms with Gasteiger partial charge in [0.15, 0.2) is 27.3 Å². The highest BCUT2D eigenvalue weighted by atomic mass is 35.5. The molecule has 2 aromatic rings. The maximum atomic E-state index is 13.9. The van der Waals surface area contributed by atoms with E-state index in [0.29, 0.717) is 44.8 Å². The van der Waals surface area contributed by atoms with E-state index in [-0.39, 0.29) is 52.5 Å². The highest BCUT2D eigenvalue weighted by molar-refractivity contribution is 7.92. The highest BCUT2D eigenvalue weighted by Crippen LogP contribution is 2.51. The van der Waals surface area contributed by atoms with Gasteiger partial charge in [0, 0.05) is 43.0 Å². The summed E-state index contributed by atoms with van der Waals surface area (Å²) >= 11 is 6.31. The van der Waals surface area contributed by atoms with E-state index in [9.17, 15) is 31.5 Å². The lowest BCUT2D eigenvalue weighted by atomic mass is 9.77. The Morgan fingerprint density at radius 3 is 2.37 bits per heavy atom. The molecule has 1 amide bonds. The third-order valence-electron chi connectivity index (χ3n) is 8.25. The summed E-state index contributed by atoms with van der Waals surface area (Å²) < 4.78 is 79.4. The number of halogens is 4. The van der Waals surface area contributed by atoms with Crippen LogP contribution in [0.3, 0.4) is 0 Å². The highest BCUT2D eigenvalue weighted by Gasteiger charge is 2.54. The van der Waals surface area contributed by atoms with Gasteiger partial charge < -0.3 is 19.9 Å². The number of anilines is 1. The quantitative estimate of drug-likeness (QED) is 0.324. The second-order valence-corrected chi connectivity index (χ2v) is 13.6. The van der Waals surface area contributed by atoms with Gasteiger partial charge in [-0.2, -0.15) is 0 Å². The van der Waals surface area contributed by atoms with E-state index in [1.165, 1.54) is 12.1 Å². The van der Waals surface area contributed by atoms with Gasteiger partial charge in [-0.1, -0.05) is 11.6 Å². The summed E-state index contributed by atoms with van der Waals surface area (Å²) in [4.78, 5) is 14.8. The smallest absolute Gasteiger partial charge is 0.255 e. The number of fused-ring (bicyclic) bond motifs is 2. The van der Waals surface area contributed by atoms with E-state index in [0.717, 1.165) is 25.7 Å². The van der Waals surface area contributed by atoms with Crippen LogP contribution in [-0.2, 0) is 19.3 Å². The number of morpholine rings is 1. The van der Waals surface area contributed by atoms with Crippen molar-refractivity contribution < 1.29 is 41.0 Å². The van der Waals surface area contributed by atoms with Crippen molar-refractivity contribution in [2.45, 2.75) is 41.4 Å². The van der Waals surface area contributed by atoms with Gasteiger partial charge in [0.05, 0.1) is 47.2 Å². The van der Waals surface area contributed by atoms with Crippen molar-refractivity contribution in [3.05, 3.63) is 58.4 Å². The van der Waals surface area contributed by atoms with Crippen molar-refractivity contribution in [3.8, 4) is 0 Å². The Hall–Kier alpha value is -2.22. The molecule has 2 atom stereocenters. The largest absolute Gasteiger partial charge is 0.387 e. The van der Waals surface area contributed by atoms with Crippen LogP contribution in [0.5, 0.6) is 0 Å². The third-order valence-corrected chi connectivity index (χ3v) is 11.1. The number of nitrogens with zero attached hydrogens (tertiary/aromatic N) is 1. The number of carbonyl (C=O) groups excluding carboxylic acids is 1. The molecule has 0 aromatic heterocycles. The molecular weight excluding hydrogens is 585 g/mol. The summed E-state index contributed by atoms with van der Waals surface area (Å²) in [5, 5.41) is 12.7. The van der Waals surface area contributed by atoms with Crippen LogP contribution in [0.25, 0.3) is 0 Å². The van der Waals surface area contributed by atoms with E-state index < -0.39 is 44.0 Å². The minimum atomic E-state index is -4.02. The summed E-state index contributed by atoms with van der Waals surface area (Å²) in [5.74, 6) is -6.10. The molecule has 3 fully saturated rings. The zero-order valence-corrected chi connectivity index (χ0v) is 23.8. The van der Waals surface area contributed by atoms with Gasteiger partial charge in [0.1, 0.15) is 0 Å². The Balaban J connectivity index is 1.26. The summed E-state index contributed by atoms with van der Waals surface area (Å²) in [6.07, 6.45) is 1.79. The Kier molecular flexibility index (Phi) is 8.98. The molecule has 0 spiro atoms. The van der Waals surface area contributed by atoms with Crippen LogP contribution in [0.1, 0.15) is 36.0 Å². The fraction of sp³-hybridized carbons (Fsp3) is 0.536. The molecule has 2 aliphatic carbocycles. The predicted octanol–water partition coefficient (Wildman–Crippen LogP) is 4.05. The standard InChI is InChI=1S/C28H32ClF3N2O6S/c29-21-4-3-17(27(35)33-20-12-22(30)25(32)23(31)13-20)11-24(21)41(37,38)26-18-1-2-19(26)15-28(36,14-18)16-40-10-7-34-5-8-39-9-6-34/h3-4,11-13,18-19,26,36H,1-2,5-10,14-16H2,(H,33,35)/t18?,19?,26-,28-. The third kappa shape index (κ3) is 6.57. The molecule has 2 aromatic carbocycles. The number of rotatable bonds is 9. The van der Waals surface area contributed by atoms with E-state index in [1.807, 2.05) is 0 Å². The van der Waals surface area contributed by atoms with E-state index in [4.69, 9.17) is 21.1 Å². The molecule has 1 aliphatic heterocycles. The van der Waals surface area contributed by atoms with Crippen LogP contribution >= 0.6 is 11.6 Å². The average Bonchev–Trinajstić information content (AvgIpc) is 3.23. The number of sulfone groups is 1. The Morgan fingerprint density at radius 2 is 1.73 bits per heavy atom. The first-order valence-corrected chi connectivity index (χ1v) is 15.5. The zero-order chi connectivity index (χ0) is 29.4.